The van der Waals surface area contributed by atoms with Crippen LogP contribution in [0.15, 0.2) is 48.5 Å². The van der Waals surface area contributed by atoms with Gasteiger partial charge in [0.15, 0.2) is 5.75 Å². The zero-order chi connectivity index (χ0) is 15.5. The minimum Gasteiger partial charge on any atom is -0.423 e. The van der Waals surface area contributed by atoms with Crippen LogP contribution in [0.4, 0.5) is 11.4 Å². The summed E-state index contributed by atoms with van der Waals surface area (Å²) in [5.41, 5.74) is 1.28. The van der Waals surface area contributed by atoms with Crippen LogP contribution in [0, 0.1) is 0 Å². The third kappa shape index (κ3) is 3.20. The Hall–Kier alpha value is -2.53. The molecule has 0 saturated heterocycles. The summed E-state index contributed by atoms with van der Waals surface area (Å²) in [6.07, 6.45) is -0.0281. The number of rotatable bonds is 3. The molecule has 6 heteroatoms. The number of nitrogens with one attached hydrogen (secondary N) is 2. The van der Waals surface area contributed by atoms with Crippen molar-refractivity contribution in [1.82, 2.24) is 0 Å². The highest BCUT2D eigenvalue weighted by atomic mass is 35.5. The Balaban J connectivity index is 1.66. The molecule has 0 saturated carbocycles. The van der Waals surface area contributed by atoms with Crippen molar-refractivity contribution in [1.29, 1.82) is 0 Å². The van der Waals surface area contributed by atoms with E-state index in [0.717, 1.165) is 0 Å². The van der Waals surface area contributed by atoms with Gasteiger partial charge in [0.2, 0.25) is 5.91 Å². The predicted octanol–water partition coefficient (Wildman–Crippen LogP) is 3.07. The van der Waals surface area contributed by atoms with Crippen LogP contribution in [0.1, 0.15) is 6.42 Å². The summed E-state index contributed by atoms with van der Waals surface area (Å²) < 4.78 is 5.21. The molecular formula is C16H13ClN2O3. The maximum Gasteiger partial charge on any atom is 0.334 e. The maximum absolute atomic E-state index is 12.0. The van der Waals surface area contributed by atoms with E-state index in [1.807, 2.05) is 6.07 Å². The smallest absolute Gasteiger partial charge is 0.334 e. The largest absolute Gasteiger partial charge is 0.423 e. The maximum atomic E-state index is 12.0. The molecule has 0 aromatic heterocycles. The fourth-order valence-electron chi connectivity index (χ4n) is 2.20. The van der Waals surface area contributed by atoms with Crippen molar-refractivity contribution in [3.8, 4) is 5.75 Å². The van der Waals surface area contributed by atoms with Crippen LogP contribution in [0.25, 0.3) is 0 Å². The lowest BCUT2D eigenvalue weighted by molar-refractivity contribution is -0.137. The van der Waals surface area contributed by atoms with Gasteiger partial charge in [-0.3, -0.25) is 4.79 Å². The highest BCUT2D eigenvalue weighted by Crippen LogP contribution is 2.29. The van der Waals surface area contributed by atoms with Gasteiger partial charge in [0.1, 0.15) is 6.04 Å². The molecule has 112 valence electrons. The lowest BCUT2D eigenvalue weighted by Crippen LogP contribution is -2.39. The number of hydrogen-bond donors (Lipinski definition) is 2. The quantitative estimate of drug-likeness (QED) is 0.674. The Bertz CT molecular complexity index is 733. The van der Waals surface area contributed by atoms with Gasteiger partial charge in [-0.2, -0.15) is 0 Å². The summed E-state index contributed by atoms with van der Waals surface area (Å²) in [4.78, 5) is 24.0. The number of esters is 1. The summed E-state index contributed by atoms with van der Waals surface area (Å²) in [6, 6.07) is 13.2. The van der Waals surface area contributed by atoms with Gasteiger partial charge in [0.25, 0.3) is 0 Å². The summed E-state index contributed by atoms with van der Waals surface area (Å²) in [5.74, 6) is -0.296. The molecule has 2 aromatic rings. The van der Waals surface area contributed by atoms with E-state index >= 15 is 0 Å². The molecule has 0 spiro atoms. The Labute approximate surface area is 132 Å². The zero-order valence-electron chi connectivity index (χ0n) is 11.5. The summed E-state index contributed by atoms with van der Waals surface area (Å²) in [5, 5.41) is 6.25. The van der Waals surface area contributed by atoms with Gasteiger partial charge in [-0.1, -0.05) is 29.8 Å². The number of para-hydroxylation sites is 2. The second-order valence-corrected chi connectivity index (χ2v) is 5.31. The van der Waals surface area contributed by atoms with Crippen molar-refractivity contribution in [2.75, 3.05) is 10.6 Å². The van der Waals surface area contributed by atoms with Crippen molar-refractivity contribution in [2.24, 2.45) is 0 Å². The van der Waals surface area contributed by atoms with Gasteiger partial charge in [-0.15, -0.1) is 0 Å². The monoisotopic (exact) mass is 316 g/mol. The molecule has 1 aliphatic heterocycles. The Kier molecular flexibility index (Phi) is 3.98. The van der Waals surface area contributed by atoms with E-state index < -0.39 is 12.0 Å². The molecular weight excluding hydrogens is 304 g/mol. The second kappa shape index (κ2) is 6.07. The first-order valence-corrected chi connectivity index (χ1v) is 7.12. The van der Waals surface area contributed by atoms with Crippen molar-refractivity contribution in [2.45, 2.75) is 12.5 Å². The van der Waals surface area contributed by atoms with Crippen LogP contribution < -0.4 is 15.4 Å². The molecule has 1 heterocycles. The molecule has 2 N–H and O–H groups in total. The first kappa shape index (κ1) is 14.4. The molecule has 2 aromatic carbocycles. The van der Waals surface area contributed by atoms with E-state index in [1.54, 1.807) is 42.5 Å². The number of amides is 1. The van der Waals surface area contributed by atoms with Crippen LogP contribution in [-0.2, 0) is 9.59 Å². The average Bonchev–Trinajstić information content (AvgIpc) is 2.48. The van der Waals surface area contributed by atoms with Gasteiger partial charge >= 0.3 is 5.97 Å². The standard InChI is InChI=1S/C16H13ClN2O3/c17-10-4-3-5-11(8-10)18-15(20)9-13-16(21)22-14-7-2-1-6-12(14)19-13/h1-8,13,19H,9H2,(H,18,20). The van der Waals surface area contributed by atoms with E-state index in [9.17, 15) is 9.59 Å². The molecule has 1 aliphatic rings. The Morgan fingerprint density at radius 2 is 2.05 bits per heavy atom. The molecule has 1 amide bonds. The first-order valence-electron chi connectivity index (χ1n) is 6.74. The Morgan fingerprint density at radius 3 is 2.86 bits per heavy atom. The molecule has 1 atom stereocenters. The van der Waals surface area contributed by atoms with Crippen LogP contribution >= 0.6 is 11.6 Å². The Morgan fingerprint density at radius 1 is 1.23 bits per heavy atom. The molecule has 3 rings (SSSR count). The van der Waals surface area contributed by atoms with Crippen LogP contribution in [-0.4, -0.2) is 17.9 Å². The SMILES string of the molecule is O=C(CC1Nc2ccccc2OC1=O)Nc1cccc(Cl)c1. The predicted molar refractivity (Wildman–Crippen MR) is 84.2 cm³/mol. The topological polar surface area (TPSA) is 67.4 Å². The number of carbonyl (C=O) groups is 2. The molecule has 5 nitrogen and oxygen atoms in total. The van der Waals surface area contributed by atoms with E-state index in [4.69, 9.17) is 16.3 Å². The lowest BCUT2D eigenvalue weighted by Gasteiger charge is -2.25. The summed E-state index contributed by atoms with van der Waals surface area (Å²) in [7, 11) is 0. The number of fused-ring (bicyclic) bond motifs is 1. The third-order valence-corrected chi connectivity index (χ3v) is 3.44. The molecule has 1 unspecified atom stereocenters. The highest BCUT2D eigenvalue weighted by Gasteiger charge is 2.29. The number of halogens is 1. The van der Waals surface area contributed by atoms with Crippen LogP contribution in [0.2, 0.25) is 5.02 Å². The van der Waals surface area contributed by atoms with Gasteiger partial charge < -0.3 is 15.4 Å². The highest BCUT2D eigenvalue weighted by molar-refractivity contribution is 6.30. The number of anilines is 2. The molecule has 22 heavy (non-hydrogen) atoms. The fourth-order valence-corrected chi connectivity index (χ4v) is 2.39. The van der Waals surface area contributed by atoms with Crippen molar-refractivity contribution in [3.63, 3.8) is 0 Å². The molecule has 0 bridgehead atoms. The first-order chi connectivity index (χ1) is 10.6. The van der Waals surface area contributed by atoms with Gasteiger partial charge in [-0.05, 0) is 30.3 Å². The van der Waals surface area contributed by atoms with Gasteiger partial charge in [0.05, 0.1) is 12.1 Å². The second-order valence-electron chi connectivity index (χ2n) is 4.88. The number of carbonyl (C=O) groups excluding carboxylic acids is 2. The van der Waals surface area contributed by atoms with E-state index in [0.29, 0.717) is 22.1 Å². The number of hydrogen-bond acceptors (Lipinski definition) is 4. The summed E-state index contributed by atoms with van der Waals surface area (Å²) >= 11 is 5.86. The average molecular weight is 317 g/mol. The van der Waals surface area contributed by atoms with Crippen molar-refractivity contribution >= 4 is 34.9 Å². The minimum atomic E-state index is -0.714. The van der Waals surface area contributed by atoms with Crippen molar-refractivity contribution < 1.29 is 14.3 Å². The molecule has 0 fully saturated rings. The van der Waals surface area contributed by atoms with E-state index in [2.05, 4.69) is 10.6 Å². The number of benzene rings is 2. The summed E-state index contributed by atoms with van der Waals surface area (Å²) in [6.45, 7) is 0. The van der Waals surface area contributed by atoms with Gasteiger partial charge in [0, 0.05) is 10.7 Å². The molecule has 0 aliphatic carbocycles. The van der Waals surface area contributed by atoms with Crippen LogP contribution in [0.3, 0.4) is 0 Å². The number of ether oxygens (including phenoxy) is 1. The van der Waals surface area contributed by atoms with E-state index in [-0.39, 0.29) is 12.3 Å². The van der Waals surface area contributed by atoms with Gasteiger partial charge in [-0.25, -0.2) is 4.79 Å². The fraction of sp³-hybridized carbons (Fsp3) is 0.125. The molecule has 0 radical (unpaired) electrons. The van der Waals surface area contributed by atoms with Crippen molar-refractivity contribution in [3.05, 3.63) is 53.6 Å². The minimum absolute atomic E-state index is 0.0281. The third-order valence-electron chi connectivity index (χ3n) is 3.21. The van der Waals surface area contributed by atoms with Crippen LogP contribution in [0.5, 0.6) is 5.75 Å². The normalized spacial score (nSPS) is 16.2. The zero-order valence-corrected chi connectivity index (χ0v) is 12.3. The lowest BCUT2D eigenvalue weighted by atomic mass is 10.1. The van der Waals surface area contributed by atoms with E-state index in [1.165, 1.54) is 0 Å².